The zero-order chi connectivity index (χ0) is 29.2. The van der Waals surface area contributed by atoms with Crippen molar-refractivity contribution in [1.82, 2.24) is 25.8 Å². The SMILES string of the molecule is CNC(=O)/C=C/CCNCCOc1ccc(/C(=C(/CC(F)(F)F)c2ccccc2)c2ccc3[nH]nc(F)c3c2)cn1. The lowest BCUT2D eigenvalue weighted by molar-refractivity contribution is -0.123. The number of rotatable bonds is 12. The van der Waals surface area contributed by atoms with Gasteiger partial charge in [0, 0.05) is 31.4 Å². The first kappa shape index (κ1) is 29.5. The highest BCUT2D eigenvalue weighted by Crippen LogP contribution is 2.40. The number of aromatic nitrogens is 3. The van der Waals surface area contributed by atoms with E-state index in [-0.39, 0.29) is 22.4 Å². The molecule has 0 radical (unpaired) electrons. The fourth-order valence-corrected chi connectivity index (χ4v) is 4.25. The van der Waals surface area contributed by atoms with Crippen molar-refractivity contribution in [3.63, 3.8) is 0 Å². The van der Waals surface area contributed by atoms with E-state index in [4.69, 9.17) is 4.74 Å². The number of benzene rings is 2. The Morgan fingerprint density at radius 1 is 1.02 bits per heavy atom. The third-order valence-electron chi connectivity index (χ3n) is 6.16. The van der Waals surface area contributed by atoms with Gasteiger partial charge in [-0.15, -0.1) is 5.10 Å². The minimum absolute atomic E-state index is 0.0338. The molecular weight excluding hydrogens is 538 g/mol. The zero-order valence-electron chi connectivity index (χ0n) is 22.3. The van der Waals surface area contributed by atoms with Gasteiger partial charge in [0.2, 0.25) is 17.7 Å². The molecule has 4 rings (SSSR count). The maximum absolute atomic E-state index is 14.3. The second-order valence-electron chi connectivity index (χ2n) is 9.08. The van der Waals surface area contributed by atoms with E-state index in [0.29, 0.717) is 54.2 Å². The molecule has 0 unspecified atom stereocenters. The second kappa shape index (κ2) is 13.7. The standard InChI is InChI=1S/C30H29F4N5O2/c1-35-26(40)9-5-6-14-36-15-16-41-27-13-11-22(19-37-27)28(21-10-12-25-23(17-21)29(31)39-38-25)24(18-30(32,33)34)20-7-3-2-4-8-20/h2-5,7-13,17,19,36H,6,14-16,18H2,1H3,(H,35,40)(H,38,39)/b9-5+,28-24-. The number of hydrogen-bond acceptors (Lipinski definition) is 5. The first-order valence-corrected chi connectivity index (χ1v) is 12.9. The molecule has 0 atom stereocenters. The van der Waals surface area contributed by atoms with Crippen molar-refractivity contribution in [2.24, 2.45) is 0 Å². The predicted octanol–water partition coefficient (Wildman–Crippen LogP) is 5.67. The minimum Gasteiger partial charge on any atom is -0.476 e. The third kappa shape index (κ3) is 8.24. The van der Waals surface area contributed by atoms with Crippen LogP contribution in [0, 0.1) is 5.95 Å². The molecule has 41 heavy (non-hydrogen) atoms. The molecule has 1 amide bonds. The van der Waals surface area contributed by atoms with Crippen LogP contribution in [-0.4, -0.2) is 54.0 Å². The lowest BCUT2D eigenvalue weighted by atomic mass is 9.88. The molecule has 2 aromatic heterocycles. The van der Waals surface area contributed by atoms with Crippen molar-refractivity contribution in [1.29, 1.82) is 0 Å². The van der Waals surface area contributed by atoms with Crippen molar-refractivity contribution in [2.75, 3.05) is 26.7 Å². The van der Waals surface area contributed by atoms with Gasteiger partial charge in [-0.3, -0.25) is 9.89 Å². The van der Waals surface area contributed by atoms with Crippen LogP contribution in [0.2, 0.25) is 0 Å². The third-order valence-corrected chi connectivity index (χ3v) is 6.16. The summed E-state index contributed by atoms with van der Waals surface area (Å²) in [6, 6.07) is 16.2. The van der Waals surface area contributed by atoms with Gasteiger partial charge in [-0.25, -0.2) is 4.98 Å². The number of ether oxygens (including phenoxy) is 1. The smallest absolute Gasteiger partial charge is 0.393 e. The topological polar surface area (TPSA) is 91.9 Å². The maximum Gasteiger partial charge on any atom is 0.393 e. The summed E-state index contributed by atoms with van der Waals surface area (Å²) in [6.45, 7) is 1.50. The van der Waals surface area contributed by atoms with Gasteiger partial charge in [-0.2, -0.15) is 17.6 Å². The molecule has 11 heteroatoms. The molecule has 2 heterocycles. The van der Waals surface area contributed by atoms with Crippen LogP contribution in [0.4, 0.5) is 17.6 Å². The highest BCUT2D eigenvalue weighted by molar-refractivity contribution is 6.00. The largest absolute Gasteiger partial charge is 0.476 e. The number of H-pyrrole nitrogens is 1. The van der Waals surface area contributed by atoms with Crippen LogP contribution >= 0.6 is 0 Å². The molecule has 0 aliphatic carbocycles. The van der Waals surface area contributed by atoms with E-state index in [1.807, 2.05) is 0 Å². The number of halogens is 4. The Labute approximate surface area is 234 Å². The number of aromatic amines is 1. The second-order valence-corrected chi connectivity index (χ2v) is 9.08. The van der Waals surface area contributed by atoms with Gasteiger partial charge in [0.15, 0.2) is 0 Å². The lowest BCUT2D eigenvalue weighted by Crippen LogP contribution is -2.22. The molecule has 7 nitrogen and oxygen atoms in total. The number of allylic oxidation sites excluding steroid dienone is 1. The molecule has 0 aliphatic heterocycles. The highest BCUT2D eigenvalue weighted by Gasteiger charge is 2.31. The van der Waals surface area contributed by atoms with Gasteiger partial charge in [-0.05, 0) is 59.5 Å². The number of alkyl halides is 3. The van der Waals surface area contributed by atoms with E-state index >= 15 is 0 Å². The van der Waals surface area contributed by atoms with Gasteiger partial charge >= 0.3 is 6.18 Å². The fraction of sp³-hybridized carbons (Fsp3) is 0.233. The Hall–Kier alpha value is -4.51. The van der Waals surface area contributed by atoms with Gasteiger partial charge in [0.05, 0.1) is 17.3 Å². The summed E-state index contributed by atoms with van der Waals surface area (Å²) >= 11 is 0. The van der Waals surface area contributed by atoms with E-state index in [0.717, 1.165) is 0 Å². The quantitative estimate of drug-likeness (QED) is 0.0889. The normalized spacial score (nSPS) is 12.5. The average molecular weight is 568 g/mol. The van der Waals surface area contributed by atoms with Gasteiger partial charge in [0.1, 0.15) is 6.61 Å². The zero-order valence-corrected chi connectivity index (χ0v) is 22.3. The molecular formula is C30H29F4N5O2. The first-order valence-electron chi connectivity index (χ1n) is 12.9. The summed E-state index contributed by atoms with van der Waals surface area (Å²) in [4.78, 5) is 15.5. The predicted molar refractivity (Wildman–Crippen MR) is 150 cm³/mol. The molecule has 0 aliphatic rings. The van der Waals surface area contributed by atoms with Gasteiger partial charge in [-0.1, -0.05) is 42.5 Å². The van der Waals surface area contributed by atoms with E-state index < -0.39 is 18.5 Å². The van der Waals surface area contributed by atoms with Crippen LogP contribution in [0.15, 0.2) is 79.0 Å². The van der Waals surface area contributed by atoms with Crippen molar-refractivity contribution in [3.05, 3.63) is 102 Å². The first-order chi connectivity index (χ1) is 19.7. The number of carbonyl (C=O) groups is 1. The molecule has 0 bridgehead atoms. The van der Waals surface area contributed by atoms with Crippen LogP contribution in [0.25, 0.3) is 22.0 Å². The summed E-state index contributed by atoms with van der Waals surface area (Å²) in [5, 5.41) is 12.0. The monoisotopic (exact) mass is 567 g/mol. The number of nitrogens with one attached hydrogen (secondary N) is 3. The molecule has 4 aromatic rings. The highest BCUT2D eigenvalue weighted by atomic mass is 19.4. The molecule has 0 fully saturated rings. The Kier molecular flexibility index (Phi) is 9.86. The van der Waals surface area contributed by atoms with Crippen LogP contribution in [0.3, 0.4) is 0 Å². The van der Waals surface area contributed by atoms with Crippen LogP contribution in [-0.2, 0) is 4.79 Å². The van der Waals surface area contributed by atoms with Crippen molar-refractivity contribution >= 4 is 28.0 Å². The van der Waals surface area contributed by atoms with Gasteiger partial charge in [0.25, 0.3) is 0 Å². The number of pyridine rings is 1. The summed E-state index contributed by atoms with van der Waals surface area (Å²) in [7, 11) is 1.56. The van der Waals surface area contributed by atoms with Crippen molar-refractivity contribution in [2.45, 2.75) is 19.0 Å². The fourth-order valence-electron chi connectivity index (χ4n) is 4.25. The molecule has 0 saturated heterocycles. The molecule has 214 valence electrons. The molecule has 2 aromatic carbocycles. The summed E-state index contributed by atoms with van der Waals surface area (Å²) in [6.07, 6.45) is -0.334. The number of amides is 1. The molecule has 0 spiro atoms. The summed E-state index contributed by atoms with van der Waals surface area (Å²) in [5.41, 5.74) is 1.95. The Balaban J connectivity index is 1.59. The van der Waals surface area contributed by atoms with Crippen LogP contribution in [0.5, 0.6) is 5.88 Å². The van der Waals surface area contributed by atoms with Gasteiger partial charge < -0.3 is 15.4 Å². The minimum atomic E-state index is -4.50. The van der Waals surface area contributed by atoms with Crippen molar-refractivity contribution in [3.8, 4) is 5.88 Å². The van der Waals surface area contributed by atoms with Crippen molar-refractivity contribution < 1.29 is 27.1 Å². The summed E-state index contributed by atoms with van der Waals surface area (Å²) in [5.74, 6) is -0.594. The number of nitrogens with zero attached hydrogens (tertiary/aromatic N) is 2. The average Bonchev–Trinajstić information content (AvgIpc) is 3.34. The molecule has 3 N–H and O–H groups in total. The van der Waals surface area contributed by atoms with E-state index in [1.165, 1.54) is 18.3 Å². The van der Waals surface area contributed by atoms with E-state index in [9.17, 15) is 22.4 Å². The Morgan fingerprint density at radius 3 is 2.51 bits per heavy atom. The lowest BCUT2D eigenvalue weighted by Gasteiger charge is -2.19. The maximum atomic E-state index is 14.3. The van der Waals surface area contributed by atoms with E-state index in [1.54, 1.807) is 67.7 Å². The Morgan fingerprint density at radius 2 is 1.80 bits per heavy atom. The Bertz CT molecular complexity index is 1510. The molecule has 0 saturated carbocycles. The summed E-state index contributed by atoms with van der Waals surface area (Å²) < 4.78 is 61.6. The van der Waals surface area contributed by atoms with E-state index in [2.05, 4.69) is 25.8 Å². The number of hydrogen-bond donors (Lipinski definition) is 3. The van der Waals surface area contributed by atoms with Crippen LogP contribution in [0.1, 0.15) is 29.5 Å². The number of likely N-dealkylation sites (N-methyl/N-ethyl adjacent to an activating group) is 1. The number of carbonyl (C=O) groups excluding carboxylic acids is 1. The number of fused-ring (bicyclic) bond motifs is 1. The van der Waals surface area contributed by atoms with Crippen LogP contribution < -0.4 is 15.4 Å².